The van der Waals surface area contributed by atoms with Gasteiger partial charge in [-0.05, 0) is 25.0 Å². The van der Waals surface area contributed by atoms with Crippen molar-refractivity contribution in [2.75, 3.05) is 6.61 Å². The molecule has 108 valence electrons. The summed E-state index contributed by atoms with van der Waals surface area (Å²) in [6.07, 6.45) is 1.58. The number of carboxylic acids is 1. The maximum atomic E-state index is 11.3. The molecule has 0 fully saturated rings. The Bertz CT molecular complexity index is 617. The number of hydrogen-bond donors (Lipinski definition) is 2. The van der Waals surface area contributed by atoms with Crippen LogP contribution >= 0.6 is 0 Å². The van der Waals surface area contributed by atoms with Gasteiger partial charge in [0, 0.05) is 19.1 Å². The third-order valence-corrected chi connectivity index (χ3v) is 3.35. The van der Waals surface area contributed by atoms with Crippen LogP contribution in [0, 0.1) is 0 Å². The molecule has 20 heavy (non-hydrogen) atoms. The lowest BCUT2D eigenvalue weighted by molar-refractivity contribution is 0.0699. The Morgan fingerprint density at radius 3 is 2.70 bits per heavy atom. The smallest absolute Gasteiger partial charge is 0.337 e. The molecular weight excluding hydrogens is 256 g/mol. The number of nitrogens with zero attached hydrogens (tertiary/aromatic N) is 2. The summed E-state index contributed by atoms with van der Waals surface area (Å²) in [5.41, 5.74) is 1.64. The summed E-state index contributed by atoms with van der Waals surface area (Å²) in [7, 11) is 0. The highest BCUT2D eigenvalue weighted by atomic mass is 16.4. The summed E-state index contributed by atoms with van der Waals surface area (Å²) < 4.78 is 2.07. The molecule has 2 rings (SSSR count). The first-order valence-corrected chi connectivity index (χ1v) is 6.89. The Morgan fingerprint density at radius 2 is 2.10 bits per heavy atom. The lowest BCUT2D eigenvalue weighted by atomic mass is 10.2. The molecule has 1 aromatic carbocycles. The molecule has 0 spiro atoms. The first-order valence-electron chi connectivity index (χ1n) is 6.89. The molecule has 0 unspecified atom stereocenters. The number of aryl methyl sites for hydroxylation is 1. The molecule has 0 saturated carbocycles. The zero-order valence-corrected chi connectivity index (χ0v) is 11.8. The van der Waals surface area contributed by atoms with Crippen molar-refractivity contribution in [1.29, 1.82) is 0 Å². The molecule has 0 aliphatic rings. The number of aromatic nitrogens is 2. The third-order valence-electron chi connectivity index (χ3n) is 3.35. The van der Waals surface area contributed by atoms with Gasteiger partial charge in [-0.3, -0.25) is 0 Å². The maximum absolute atomic E-state index is 11.3. The second-order valence-electron chi connectivity index (χ2n) is 5.19. The first-order chi connectivity index (χ1) is 9.56. The van der Waals surface area contributed by atoms with Gasteiger partial charge in [-0.15, -0.1) is 0 Å². The predicted octanol–water partition coefficient (Wildman–Crippen LogP) is 2.63. The van der Waals surface area contributed by atoms with Crippen LogP contribution in [0.25, 0.3) is 11.0 Å². The minimum Gasteiger partial charge on any atom is -0.478 e. The van der Waals surface area contributed by atoms with Crippen LogP contribution in [0.4, 0.5) is 0 Å². The van der Waals surface area contributed by atoms with Crippen LogP contribution in [-0.2, 0) is 6.54 Å². The van der Waals surface area contributed by atoms with E-state index in [0.717, 1.165) is 30.7 Å². The first kappa shape index (κ1) is 14.5. The number of para-hydroxylation sites is 1. The molecule has 0 radical (unpaired) electrons. The maximum Gasteiger partial charge on any atom is 0.337 e. The highest BCUT2D eigenvalue weighted by Gasteiger charge is 2.18. The van der Waals surface area contributed by atoms with E-state index in [1.165, 1.54) is 0 Å². The summed E-state index contributed by atoms with van der Waals surface area (Å²) in [5.74, 6) is 0.163. The lowest BCUT2D eigenvalue weighted by Gasteiger charge is -2.10. The molecule has 5 heteroatoms. The largest absolute Gasteiger partial charge is 0.478 e. The van der Waals surface area contributed by atoms with Gasteiger partial charge in [0.15, 0.2) is 0 Å². The fraction of sp³-hybridized carbons (Fsp3) is 0.467. The van der Waals surface area contributed by atoms with Gasteiger partial charge in [0.05, 0.1) is 11.1 Å². The minimum atomic E-state index is -0.953. The van der Waals surface area contributed by atoms with E-state index in [9.17, 15) is 9.90 Å². The number of hydrogen-bond acceptors (Lipinski definition) is 3. The third kappa shape index (κ3) is 2.67. The van der Waals surface area contributed by atoms with Crippen LogP contribution in [-0.4, -0.2) is 32.3 Å². The molecule has 5 nitrogen and oxygen atoms in total. The van der Waals surface area contributed by atoms with E-state index >= 15 is 0 Å². The number of unbranched alkanes of at least 4 members (excludes halogenated alkanes) is 1. The van der Waals surface area contributed by atoms with Crippen LogP contribution in [0.2, 0.25) is 0 Å². The Balaban J connectivity index is 2.55. The van der Waals surface area contributed by atoms with Gasteiger partial charge in [-0.1, -0.05) is 19.9 Å². The standard InChI is InChI=1S/C15H20N2O3/c1-10(2)14-16-13-11(15(19)20)6-5-7-12(13)17(14)8-3-4-9-18/h5-7,10,18H,3-4,8-9H2,1-2H3,(H,19,20). The van der Waals surface area contributed by atoms with Gasteiger partial charge >= 0.3 is 5.97 Å². The van der Waals surface area contributed by atoms with Crippen molar-refractivity contribution in [3.63, 3.8) is 0 Å². The zero-order chi connectivity index (χ0) is 14.7. The van der Waals surface area contributed by atoms with E-state index < -0.39 is 5.97 Å². The summed E-state index contributed by atoms with van der Waals surface area (Å²) in [4.78, 5) is 15.8. The van der Waals surface area contributed by atoms with E-state index in [0.29, 0.717) is 5.52 Å². The van der Waals surface area contributed by atoms with Crippen LogP contribution in [0.5, 0.6) is 0 Å². The van der Waals surface area contributed by atoms with Gasteiger partial charge in [0.25, 0.3) is 0 Å². The van der Waals surface area contributed by atoms with Gasteiger partial charge in [-0.2, -0.15) is 0 Å². The van der Waals surface area contributed by atoms with Crippen molar-refractivity contribution in [3.05, 3.63) is 29.6 Å². The number of imidazole rings is 1. The minimum absolute atomic E-state index is 0.171. The Morgan fingerprint density at radius 1 is 1.35 bits per heavy atom. The van der Waals surface area contributed by atoms with E-state index in [2.05, 4.69) is 9.55 Å². The summed E-state index contributed by atoms with van der Waals surface area (Å²) in [5, 5.41) is 18.2. The predicted molar refractivity (Wildman–Crippen MR) is 77.1 cm³/mol. The summed E-state index contributed by atoms with van der Waals surface area (Å²) in [6.45, 7) is 5.01. The normalized spacial score (nSPS) is 11.4. The van der Waals surface area contributed by atoms with Crippen molar-refractivity contribution in [2.45, 2.75) is 39.2 Å². The summed E-state index contributed by atoms with van der Waals surface area (Å²) in [6, 6.07) is 5.24. The molecule has 1 aromatic heterocycles. The molecule has 0 bridgehead atoms. The molecule has 2 aromatic rings. The number of carbonyl (C=O) groups is 1. The highest BCUT2D eigenvalue weighted by molar-refractivity contribution is 6.01. The number of rotatable bonds is 6. The molecule has 0 amide bonds. The SMILES string of the molecule is CC(C)c1nc2c(C(=O)O)cccc2n1CCCCO. The van der Waals surface area contributed by atoms with Crippen molar-refractivity contribution in [1.82, 2.24) is 9.55 Å². The molecule has 0 saturated heterocycles. The van der Waals surface area contributed by atoms with E-state index in [1.807, 2.05) is 19.9 Å². The lowest BCUT2D eigenvalue weighted by Crippen LogP contribution is -2.06. The summed E-state index contributed by atoms with van der Waals surface area (Å²) >= 11 is 0. The van der Waals surface area contributed by atoms with E-state index in [1.54, 1.807) is 12.1 Å². The molecule has 0 aliphatic carbocycles. The number of aliphatic hydroxyl groups is 1. The molecule has 0 aliphatic heterocycles. The van der Waals surface area contributed by atoms with Crippen LogP contribution in [0.15, 0.2) is 18.2 Å². The number of aromatic carboxylic acids is 1. The second kappa shape index (κ2) is 6.05. The number of aliphatic hydroxyl groups excluding tert-OH is 1. The molecule has 2 N–H and O–H groups in total. The van der Waals surface area contributed by atoms with Crippen molar-refractivity contribution in [2.24, 2.45) is 0 Å². The number of carboxylic acid groups (broad SMARTS) is 1. The average Bonchev–Trinajstić information content (AvgIpc) is 2.78. The molecule has 1 heterocycles. The van der Waals surface area contributed by atoms with Crippen molar-refractivity contribution >= 4 is 17.0 Å². The Kier molecular flexibility index (Phi) is 4.39. The average molecular weight is 276 g/mol. The number of fused-ring (bicyclic) bond motifs is 1. The van der Waals surface area contributed by atoms with Gasteiger partial charge in [0.1, 0.15) is 11.3 Å². The number of benzene rings is 1. The van der Waals surface area contributed by atoms with Crippen LogP contribution in [0.3, 0.4) is 0 Å². The highest BCUT2D eigenvalue weighted by Crippen LogP contribution is 2.25. The van der Waals surface area contributed by atoms with Crippen LogP contribution in [0.1, 0.15) is 48.8 Å². The molecule has 0 atom stereocenters. The van der Waals surface area contributed by atoms with Gasteiger partial charge < -0.3 is 14.8 Å². The van der Waals surface area contributed by atoms with Gasteiger partial charge in [-0.25, -0.2) is 9.78 Å². The quantitative estimate of drug-likeness (QED) is 0.795. The topological polar surface area (TPSA) is 75.3 Å². The Hall–Kier alpha value is -1.88. The Labute approximate surface area is 117 Å². The second-order valence-corrected chi connectivity index (χ2v) is 5.19. The van der Waals surface area contributed by atoms with Crippen LogP contribution < -0.4 is 0 Å². The fourth-order valence-electron chi connectivity index (χ4n) is 2.40. The molecular formula is C15H20N2O3. The van der Waals surface area contributed by atoms with E-state index in [-0.39, 0.29) is 18.1 Å². The van der Waals surface area contributed by atoms with Gasteiger partial charge in [0.2, 0.25) is 0 Å². The zero-order valence-electron chi connectivity index (χ0n) is 11.8. The fourth-order valence-corrected chi connectivity index (χ4v) is 2.40. The van der Waals surface area contributed by atoms with E-state index in [4.69, 9.17) is 5.11 Å². The monoisotopic (exact) mass is 276 g/mol. The van der Waals surface area contributed by atoms with Crippen molar-refractivity contribution in [3.8, 4) is 0 Å². The van der Waals surface area contributed by atoms with Crippen molar-refractivity contribution < 1.29 is 15.0 Å².